The van der Waals surface area contributed by atoms with Gasteiger partial charge in [0.1, 0.15) is 23.2 Å². The maximum atomic E-state index is 13.2. The van der Waals surface area contributed by atoms with E-state index in [2.05, 4.69) is 4.98 Å². The van der Waals surface area contributed by atoms with E-state index in [1.54, 1.807) is 6.07 Å². The van der Waals surface area contributed by atoms with Crippen LogP contribution in [0.4, 0.5) is 10.2 Å². The quantitative estimate of drug-likeness (QED) is 0.863. The van der Waals surface area contributed by atoms with Gasteiger partial charge in [-0.2, -0.15) is 0 Å². The number of imidazole rings is 1. The molecule has 0 aliphatic heterocycles. The Labute approximate surface area is 99.1 Å². The molecule has 2 N–H and O–H groups in total. The van der Waals surface area contributed by atoms with Gasteiger partial charge < -0.3 is 10.3 Å². The Morgan fingerprint density at radius 1 is 1.41 bits per heavy atom. The van der Waals surface area contributed by atoms with Gasteiger partial charge in [-0.05, 0) is 25.0 Å². The second kappa shape index (κ2) is 3.58. The van der Waals surface area contributed by atoms with Crippen molar-refractivity contribution in [3.63, 3.8) is 0 Å². The van der Waals surface area contributed by atoms with Gasteiger partial charge >= 0.3 is 0 Å². The summed E-state index contributed by atoms with van der Waals surface area (Å²) in [5.41, 5.74) is 7.46. The molecule has 88 valence electrons. The van der Waals surface area contributed by atoms with Gasteiger partial charge in [-0.3, -0.25) is 0 Å². The van der Waals surface area contributed by atoms with Crippen LogP contribution in [0.5, 0.6) is 0 Å². The Balaban J connectivity index is 2.11. The van der Waals surface area contributed by atoms with Crippen molar-refractivity contribution < 1.29 is 4.39 Å². The number of hydrogen-bond donors (Lipinski definition) is 1. The van der Waals surface area contributed by atoms with Gasteiger partial charge in [-0.1, -0.05) is 12.1 Å². The smallest absolute Gasteiger partial charge is 0.131 e. The molecule has 1 fully saturated rings. The van der Waals surface area contributed by atoms with Crippen LogP contribution < -0.4 is 5.73 Å². The van der Waals surface area contributed by atoms with Gasteiger partial charge in [0, 0.05) is 18.5 Å². The molecule has 0 radical (unpaired) electrons. The van der Waals surface area contributed by atoms with Gasteiger partial charge in [0.2, 0.25) is 0 Å². The summed E-state index contributed by atoms with van der Waals surface area (Å²) in [5.74, 6) is 1.89. The molecule has 0 bridgehead atoms. The lowest BCUT2D eigenvalue weighted by Gasteiger charge is -2.01. The highest BCUT2D eigenvalue weighted by atomic mass is 19.1. The van der Waals surface area contributed by atoms with Crippen LogP contribution in [0.3, 0.4) is 0 Å². The number of aromatic nitrogens is 2. The van der Waals surface area contributed by atoms with Crippen LogP contribution in [0.25, 0.3) is 11.3 Å². The fourth-order valence-corrected chi connectivity index (χ4v) is 2.08. The van der Waals surface area contributed by atoms with Crippen molar-refractivity contribution in [3.05, 3.63) is 35.9 Å². The molecule has 1 aromatic carbocycles. The third kappa shape index (κ3) is 1.69. The largest absolute Gasteiger partial charge is 0.383 e. The van der Waals surface area contributed by atoms with Gasteiger partial charge in [-0.15, -0.1) is 0 Å². The van der Waals surface area contributed by atoms with Crippen molar-refractivity contribution in [2.24, 2.45) is 7.05 Å². The molecule has 3 rings (SSSR count). The Morgan fingerprint density at radius 3 is 2.82 bits per heavy atom. The SMILES string of the molecule is Cn1c(C2CC2)nc(-c2cccc(F)c2)c1N. The van der Waals surface area contributed by atoms with E-state index in [9.17, 15) is 4.39 Å². The molecule has 1 saturated carbocycles. The fraction of sp³-hybridized carbons (Fsp3) is 0.308. The predicted octanol–water partition coefficient (Wildman–Crippen LogP) is 2.69. The lowest BCUT2D eigenvalue weighted by atomic mass is 10.1. The minimum absolute atomic E-state index is 0.263. The van der Waals surface area contributed by atoms with E-state index in [-0.39, 0.29) is 5.82 Å². The summed E-state index contributed by atoms with van der Waals surface area (Å²) in [6, 6.07) is 6.40. The topological polar surface area (TPSA) is 43.8 Å². The minimum Gasteiger partial charge on any atom is -0.383 e. The van der Waals surface area contributed by atoms with Gasteiger partial charge in [-0.25, -0.2) is 9.37 Å². The molecule has 0 saturated heterocycles. The molecule has 0 spiro atoms. The number of nitrogens with zero attached hydrogens (tertiary/aromatic N) is 2. The fourth-order valence-electron chi connectivity index (χ4n) is 2.08. The van der Waals surface area contributed by atoms with Crippen molar-refractivity contribution >= 4 is 5.82 Å². The first-order valence-corrected chi connectivity index (χ1v) is 5.75. The molecule has 3 nitrogen and oxygen atoms in total. The molecule has 1 aromatic heterocycles. The van der Waals surface area contributed by atoms with Crippen LogP contribution in [0.1, 0.15) is 24.6 Å². The Hall–Kier alpha value is -1.84. The number of halogens is 1. The zero-order valence-corrected chi connectivity index (χ0v) is 9.65. The maximum Gasteiger partial charge on any atom is 0.131 e. The predicted molar refractivity (Wildman–Crippen MR) is 65.0 cm³/mol. The van der Waals surface area contributed by atoms with Crippen molar-refractivity contribution in [2.75, 3.05) is 5.73 Å². The zero-order chi connectivity index (χ0) is 12.0. The Kier molecular flexibility index (Phi) is 2.18. The number of hydrogen-bond acceptors (Lipinski definition) is 2. The van der Waals surface area contributed by atoms with E-state index in [0.29, 0.717) is 17.4 Å². The summed E-state index contributed by atoms with van der Waals surface area (Å²) < 4.78 is 15.1. The Bertz CT molecular complexity index is 570. The third-order valence-electron chi connectivity index (χ3n) is 3.21. The molecule has 17 heavy (non-hydrogen) atoms. The number of nitrogens with two attached hydrogens (primary N) is 1. The number of rotatable bonds is 2. The van der Waals surface area contributed by atoms with E-state index in [4.69, 9.17) is 5.73 Å². The second-order valence-electron chi connectivity index (χ2n) is 4.55. The Morgan fingerprint density at radius 2 is 2.18 bits per heavy atom. The minimum atomic E-state index is -0.263. The highest BCUT2D eigenvalue weighted by molar-refractivity contribution is 5.71. The van der Waals surface area contributed by atoms with Crippen molar-refractivity contribution in [3.8, 4) is 11.3 Å². The first-order chi connectivity index (χ1) is 8.16. The molecule has 0 atom stereocenters. The van der Waals surface area contributed by atoms with Crippen LogP contribution in [0.2, 0.25) is 0 Å². The molecule has 2 aromatic rings. The molecular formula is C13H14FN3. The van der Waals surface area contributed by atoms with E-state index < -0.39 is 0 Å². The zero-order valence-electron chi connectivity index (χ0n) is 9.65. The van der Waals surface area contributed by atoms with Gasteiger partial charge in [0.15, 0.2) is 0 Å². The summed E-state index contributed by atoms with van der Waals surface area (Å²) >= 11 is 0. The number of anilines is 1. The van der Waals surface area contributed by atoms with Gasteiger partial charge in [0.05, 0.1) is 0 Å². The molecule has 0 unspecified atom stereocenters. The van der Waals surface area contributed by atoms with Crippen molar-refractivity contribution in [1.82, 2.24) is 9.55 Å². The molecular weight excluding hydrogens is 217 g/mol. The van der Waals surface area contributed by atoms with Crippen LogP contribution in [0, 0.1) is 5.82 Å². The average Bonchev–Trinajstić information content (AvgIpc) is 3.09. The average molecular weight is 231 g/mol. The lowest BCUT2D eigenvalue weighted by Crippen LogP contribution is -2.00. The van der Waals surface area contributed by atoms with E-state index in [1.807, 2.05) is 17.7 Å². The highest BCUT2D eigenvalue weighted by Crippen LogP contribution is 2.41. The summed E-state index contributed by atoms with van der Waals surface area (Å²) in [7, 11) is 1.92. The standard InChI is InChI=1S/C13H14FN3/c1-17-12(15)11(16-13(17)8-5-6-8)9-3-2-4-10(14)7-9/h2-4,7-8H,5-6,15H2,1H3. The normalized spacial score (nSPS) is 15.2. The van der Waals surface area contributed by atoms with Gasteiger partial charge in [0.25, 0.3) is 0 Å². The number of benzene rings is 1. The second-order valence-corrected chi connectivity index (χ2v) is 4.55. The molecule has 1 heterocycles. The highest BCUT2D eigenvalue weighted by Gasteiger charge is 2.29. The lowest BCUT2D eigenvalue weighted by molar-refractivity contribution is 0.628. The number of nitrogen functional groups attached to an aromatic ring is 1. The first kappa shape index (κ1) is 10.3. The van der Waals surface area contributed by atoms with E-state index in [1.165, 1.54) is 25.0 Å². The molecule has 4 heteroatoms. The third-order valence-corrected chi connectivity index (χ3v) is 3.21. The van der Waals surface area contributed by atoms with Crippen LogP contribution in [-0.4, -0.2) is 9.55 Å². The maximum absolute atomic E-state index is 13.2. The van der Waals surface area contributed by atoms with Crippen molar-refractivity contribution in [1.29, 1.82) is 0 Å². The van der Waals surface area contributed by atoms with E-state index >= 15 is 0 Å². The van der Waals surface area contributed by atoms with Crippen LogP contribution >= 0.6 is 0 Å². The van der Waals surface area contributed by atoms with E-state index in [0.717, 1.165) is 11.4 Å². The summed E-state index contributed by atoms with van der Waals surface area (Å²) in [6.45, 7) is 0. The summed E-state index contributed by atoms with van der Waals surface area (Å²) in [6.07, 6.45) is 2.35. The molecule has 0 amide bonds. The molecule has 1 aliphatic carbocycles. The van der Waals surface area contributed by atoms with Crippen molar-refractivity contribution in [2.45, 2.75) is 18.8 Å². The summed E-state index contributed by atoms with van der Waals surface area (Å²) in [4.78, 5) is 4.55. The molecule has 1 aliphatic rings. The monoisotopic (exact) mass is 231 g/mol. The van der Waals surface area contributed by atoms with Crippen LogP contribution in [0.15, 0.2) is 24.3 Å². The summed E-state index contributed by atoms with van der Waals surface area (Å²) in [5, 5.41) is 0. The van der Waals surface area contributed by atoms with Crippen LogP contribution in [-0.2, 0) is 7.05 Å². The first-order valence-electron chi connectivity index (χ1n) is 5.75.